The van der Waals surface area contributed by atoms with Crippen molar-refractivity contribution in [3.63, 3.8) is 0 Å². The number of amides is 1. The molecule has 0 fully saturated rings. The number of aryl methyl sites for hydroxylation is 1. The van der Waals surface area contributed by atoms with E-state index in [1.807, 2.05) is 0 Å². The van der Waals surface area contributed by atoms with Gasteiger partial charge in [0.2, 0.25) is 0 Å². The minimum Gasteiger partial charge on any atom is -0.336 e. The fraction of sp³-hybridized carbons (Fsp3) is 0.211. The molecule has 2 aromatic carbocycles. The number of carbonyl (C=O) groups excluding carboxylic acids is 1. The lowest BCUT2D eigenvalue weighted by Crippen LogP contribution is -2.31. The third-order valence-electron chi connectivity index (χ3n) is 4.36. The first-order chi connectivity index (χ1) is 13.3. The maximum atomic E-state index is 13.0. The molecule has 0 aliphatic rings. The van der Waals surface area contributed by atoms with Crippen molar-refractivity contribution >= 4 is 34.0 Å². The Labute approximate surface area is 165 Å². The van der Waals surface area contributed by atoms with Crippen LogP contribution in [0.4, 0.5) is 5.69 Å². The van der Waals surface area contributed by atoms with Crippen molar-refractivity contribution < 1.29 is 9.72 Å². The van der Waals surface area contributed by atoms with E-state index in [2.05, 4.69) is 5.10 Å². The highest BCUT2D eigenvalue weighted by Gasteiger charge is 2.21. The van der Waals surface area contributed by atoms with Gasteiger partial charge in [-0.05, 0) is 24.6 Å². The van der Waals surface area contributed by atoms with E-state index >= 15 is 0 Å². The predicted octanol–water partition coefficient (Wildman–Crippen LogP) is 3.25. The Morgan fingerprint density at radius 3 is 2.57 bits per heavy atom. The van der Waals surface area contributed by atoms with Gasteiger partial charge in [-0.25, -0.2) is 4.68 Å². The Kier molecular flexibility index (Phi) is 5.41. The summed E-state index contributed by atoms with van der Waals surface area (Å²) in [6.45, 7) is 2.15. The number of non-ortho nitro benzene ring substituents is 1. The van der Waals surface area contributed by atoms with Crippen LogP contribution in [-0.4, -0.2) is 32.6 Å². The van der Waals surface area contributed by atoms with Gasteiger partial charge in [0.05, 0.1) is 10.3 Å². The summed E-state index contributed by atoms with van der Waals surface area (Å²) in [6.07, 6.45) is 0. The summed E-state index contributed by atoms with van der Waals surface area (Å²) >= 11 is 6.14. The van der Waals surface area contributed by atoms with Crippen molar-refractivity contribution in [3.05, 3.63) is 79.2 Å². The summed E-state index contributed by atoms with van der Waals surface area (Å²) in [5, 5.41) is 16.4. The quantitative estimate of drug-likeness (QED) is 0.483. The molecule has 0 radical (unpaired) electrons. The third-order valence-corrected chi connectivity index (χ3v) is 4.73. The summed E-state index contributed by atoms with van der Waals surface area (Å²) in [5.41, 5.74) is 0.211. The van der Waals surface area contributed by atoms with Gasteiger partial charge in [0.1, 0.15) is 0 Å². The molecule has 0 aliphatic heterocycles. The molecule has 0 saturated carbocycles. The van der Waals surface area contributed by atoms with Gasteiger partial charge in [-0.1, -0.05) is 29.8 Å². The molecule has 0 unspecified atom stereocenters. The number of hydrogen-bond acceptors (Lipinski definition) is 5. The van der Waals surface area contributed by atoms with Gasteiger partial charge in [-0.2, -0.15) is 5.10 Å². The van der Waals surface area contributed by atoms with Crippen molar-refractivity contribution in [2.75, 3.05) is 7.05 Å². The monoisotopic (exact) mass is 400 g/mol. The van der Waals surface area contributed by atoms with E-state index in [1.165, 1.54) is 27.8 Å². The Hall–Kier alpha value is -3.26. The van der Waals surface area contributed by atoms with E-state index in [4.69, 9.17) is 11.6 Å². The van der Waals surface area contributed by atoms with Gasteiger partial charge < -0.3 is 4.90 Å². The van der Waals surface area contributed by atoms with Gasteiger partial charge in [0.15, 0.2) is 5.69 Å². The standard InChI is InChI=1S/C19H17ClN4O4/c1-3-23-18(25)15-7-5-4-6-14(15)17(21-23)19(26)22(2)11-12-10-13(24(27)28)8-9-16(12)20/h4-10H,3,11H2,1-2H3. The van der Waals surface area contributed by atoms with Crippen LogP contribution in [0.15, 0.2) is 47.3 Å². The van der Waals surface area contributed by atoms with Crippen molar-refractivity contribution in [2.45, 2.75) is 20.0 Å². The van der Waals surface area contributed by atoms with Gasteiger partial charge in [-0.15, -0.1) is 0 Å². The SMILES string of the molecule is CCn1nc(C(=O)N(C)Cc2cc([N+](=O)[O-])ccc2Cl)c2ccccc2c1=O. The lowest BCUT2D eigenvalue weighted by molar-refractivity contribution is -0.384. The molecule has 0 bridgehead atoms. The van der Waals surface area contributed by atoms with Crippen LogP contribution in [0.1, 0.15) is 23.0 Å². The summed E-state index contributed by atoms with van der Waals surface area (Å²) < 4.78 is 1.24. The molecule has 28 heavy (non-hydrogen) atoms. The molecule has 3 aromatic rings. The lowest BCUT2D eigenvalue weighted by atomic mass is 10.1. The fourth-order valence-electron chi connectivity index (χ4n) is 2.91. The van der Waals surface area contributed by atoms with Gasteiger partial charge in [0, 0.05) is 42.7 Å². The fourth-order valence-corrected chi connectivity index (χ4v) is 3.09. The second-order valence-electron chi connectivity index (χ2n) is 6.21. The minimum absolute atomic E-state index is 0.0562. The van der Waals surface area contributed by atoms with Crippen molar-refractivity contribution in [2.24, 2.45) is 0 Å². The number of nitro benzene ring substituents is 1. The molecule has 0 aliphatic carbocycles. The molecule has 0 saturated heterocycles. The number of hydrogen-bond donors (Lipinski definition) is 0. The molecular formula is C19H17ClN4O4. The van der Waals surface area contributed by atoms with Crippen molar-refractivity contribution in [3.8, 4) is 0 Å². The number of benzene rings is 2. The van der Waals surface area contributed by atoms with E-state index in [9.17, 15) is 19.7 Å². The van der Waals surface area contributed by atoms with Crippen LogP contribution in [0.2, 0.25) is 5.02 Å². The molecular weight excluding hydrogens is 384 g/mol. The van der Waals surface area contributed by atoms with E-state index in [1.54, 1.807) is 38.2 Å². The smallest absolute Gasteiger partial charge is 0.274 e. The van der Waals surface area contributed by atoms with Crippen LogP contribution in [0.5, 0.6) is 0 Å². The lowest BCUT2D eigenvalue weighted by Gasteiger charge is -2.19. The summed E-state index contributed by atoms with van der Waals surface area (Å²) in [5.74, 6) is -0.416. The second kappa shape index (κ2) is 7.77. The summed E-state index contributed by atoms with van der Waals surface area (Å²) in [4.78, 5) is 37.3. The summed E-state index contributed by atoms with van der Waals surface area (Å²) in [7, 11) is 1.55. The Morgan fingerprint density at radius 1 is 1.25 bits per heavy atom. The molecule has 8 nitrogen and oxygen atoms in total. The van der Waals surface area contributed by atoms with Crippen molar-refractivity contribution in [1.82, 2.24) is 14.7 Å². The largest absolute Gasteiger partial charge is 0.336 e. The van der Waals surface area contributed by atoms with Gasteiger partial charge >= 0.3 is 0 Å². The first-order valence-electron chi connectivity index (χ1n) is 8.51. The maximum absolute atomic E-state index is 13.0. The molecule has 1 amide bonds. The Balaban J connectivity index is 2.01. The second-order valence-corrected chi connectivity index (χ2v) is 6.62. The number of aromatic nitrogens is 2. The number of fused-ring (bicyclic) bond motifs is 1. The highest BCUT2D eigenvalue weighted by molar-refractivity contribution is 6.31. The highest BCUT2D eigenvalue weighted by Crippen LogP contribution is 2.24. The third kappa shape index (κ3) is 3.59. The van der Waals surface area contributed by atoms with Crippen LogP contribution in [0, 0.1) is 10.1 Å². The van der Waals surface area contributed by atoms with Crippen molar-refractivity contribution in [1.29, 1.82) is 0 Å². The number of rotatable bonds is 5. The van der Waals surface area contributed by atoms with Crippen LogP contribution < -0.4 is 5.56 Å². The van der Waals surface area contributed by atoms with Gasteiger partial charge in [0.25, 0.3) is 17.2 Å². The molecule has 1 heterocycles. The van der Waals surface area contributed by atoms with E-state index in [0.717, 1.165) is 0 Å². The number of nitrogens with zero attached hydrogens (tertiary/aromatic N) is 4. The van der Waals surface area contributed by atoms with E-state index in [0.29, 0.717) is 27.9 Å². The highest BCUT2D eigenvalue weighted by atomic mass is 35.5. The van der Waals surface area contributed by atoms with Crippen LogP contribution >= 0.6 is 11.6 Å². The number of carbonyl (C=O) groups is 1. The molecule has 9 heteroatoms. The van der Waals surface area contributed by atoms with Crippen LogP contribution in [0.25, 0.3) is 10.8 Å². The number of nitro groups is 1. The molecule has 1 aromatic heterocycles. The predicted molar refractivity (Wildman–Crippen MR) is 106 cm³/mol. The topological polar surface area (TPSA) is 98.3 Å². The maximum Gasteiger partial charge on any atom is 0.274 e. The zero-order valence-electron chi connectivity index (χ0n) is 15.3. The Bertz CT molecular complexity index is 1140. The zero-order valence-corrected chi connectivity index (χ0v) is 16.0. The average Bonchev–Trinajstić information content (AvgIpc) is 2.69. The first-order valence-corrected chi connectivity index (χ1v) is 8.89. The van der Waals surface area contributed by atoms with Crippen LogP contribution in [-0.2, 0) is 13.1 Å². The Morgan fingerprint density at radius 2 is 1.93 bits per heavy atom. The van der Waals surface area contributed by atoms with E-state index in [-0.39, 0.29) is 23.5 Å². The number of halogens is 1. The molecule has 0 atom stereocenters. The minimum atomic E-state index is -0.520. The van der Waals surface area contributed by atoms with Crippen LogP contribution in [0.3, 0.4) is 0 Å². The molecule has 0 N–H and O–H groups in total. The zero-order chi connectivity index (χ0) is 20.4. The van der Waals surface area contributed by atoms with Gasteiger partial charge in [-0.3, -0.25) is 19.7 Å². The molecule has 3 rings (SSSR count). The average molecular weight is 401 g/mol. The summed E-state index contributed by atoms with van der Waals surface area (Å²) in [6, 6.07) is 10.9. The molecule has 144 valence electrons. The molecule has 0 spiro atoms. The normalized spacial score (nSPS) is 10.8. The van der Waals surface area contributed by atoms with E-state index < -0.39 is 10.8 Å². The first kappa shape index (κ1) is 19.5.